The third kappa shape index (κ3) is 5.36. The summed E-state index contributed by atoms with van der Waals surface area (Å²) in [5.41, 5.74) is 6.64. The third-order valence-corrected chi connectivity index (χ3v) is 5.06. The minimum atomic E-state index is -0.524. The fraction of sp³-hybridized carbons (Fsp3) is 0.312. The van der Waals surface area contributed by atoms with Gasteiger partial charge in [-0.05, 0) is 50.8 Å². The molecular weight excluding hydrogens is 486 g/mol. The van der Waals surface area contributed by atoms with E-state index in [-0.39, 0.29) is 17.9 Å². The molecule has 2 aromatic rings. The van der Waals surface area contributed by atoms with Crippen molar-refractivity contribution in [3.8, 4) is 11.5 Å². The highest BCUT2D eigenvalue weighted by Crippen LogP contribution is 2.42. The van der Waals surface area contributed by atoms with E-state index in [1.54, 1.807) is 12.3 Å². The number of aryl methyl sites for hydroxylation is 1. The van der Waals surface area contributed by atoms with E-state index in [1.807, 2.05) is 0 Å². The molecule has 1 aromatic carbocycles. The molecule has 9 nitrogen and oxygen atoms in total. The van der Waals surface area contributed by atoms with E-state index in [0.29, 0.717) is 45.6 Å². The summed E-state index contributed by atoms with van der Waals surface area (Å²) in [5.74, 6) is 0.146. The lowest BCUT2D eigenvalue weighted by molar-refractivity contribution is -0.115. The minimum absolute atomic E-state index is 0.0631. The average molecular weight is 505 g/mol. The number of hydrogen-bond donors (Lipinski definition) is 5. The SMILES string of the molecule is COc1c(Br)cc(CC(=NO)C(=O)NCCCc2cnc(N)[nH]2)c(O)c1Br. The van der Waals surface area contributed by atoms with Crippen LogP contribution in [0.5, 0.6) is 11.5 Å². The van der Waals surface area contributed by atoms with Gasteiger partial charge in [-0.3, -0.25) is 4.79 Å². The van der Waals surface area contributed by atoms with Crippen LogP contribution in [-0.4, -0.2) is 45.6 Å². The lowest BCUT2D eigenvalue weighted by Crippen LogP contribution is -2.33. The van der Waals surface area contributed by atoms with E-state index in [4.69, 9.17) is 10.5 Å². The fourth-order valence-electron chi connectivity index (χ4n) is 2.39. The Kier molecular flexibility index (Phi) is 7.48. The Labute approximate surface area is 172 Å². The average Bonchev–Trinajstić information content (AvgIpc) is 3.06. The standard InChI is InChI=1S/C16H19Br2N5O4/c1-27-14-10(17)5-8(13(24)12(14)18)6-11(23-26)15(25)20-4-2-3-9-7-21-16(19)22-9/h5,7,24,26H,2-4,6H2,1H3,(H,20,25)(H3,19,21,22). The van der Waals surface area contributed by atoms with Crippen molar-refractivity contribution in [1.29, 1.82) is 0 Å². The van der Waals surface area contributed by atoms with Gasteiger partial charge in [-0.2, -0.15) is 0 Å². The monoisotopic (exact) mass is 503 g/mol. The Hall–Kier alpha value is -2.27. The summed E-state index contributed by atoms with van der Waals surface area (Å²) in [6, 6.07) is 1.60. The second kappa shape index (κ2) is 9.60. The number of aromatic amines is 1. The van der Waals surface area contributed by atoms with Crippen molar-refractivity contribution in [3.05, 3.63) is 32.5 Å². The topological polar surface area (TPSA) is 146 Å². The van der Waals surface area contributed by atoms with Crippen molar-refractivity contribution in [3.63, 3.8) is 0 Å². The molecule has 6 N–H and O–H groups in total. The van der Waals surface area contributed by atoms with Crippen molar-refractivity contribution in [2.24, 2.45) is 5.16 Å². The lowest BCUT2D eigenvalue weighted by atomic mass is 10.1. The number of nitrogens with one attached hydrogen (secondary N) is 2. The maximum Gasteiger partial charge on any atom is 0.269 e. The van der Waals surface area contributed by atoms with Crippen LogP contribution in [0.15, 0.2) is 26.4 Å². The molecule has 1 heterocycles. The summed E-state index contributed by atoms with van der Waals surface area (Å²) in [5, 5.41) is 25.2. The smallest absolute Gasteiger partial charge is 0.269 e. The Morgan fingerprint density at radius 2 is 2.22 bits per heavy atom. The van der Waals surface area contributed by atoms with Gasteiger partial charge in [0.1, 0.15) is 15.9 Å². The van der Waals surface area contributed by atoms with Gasteiger partial charge in [-0.1, -0.05) is 5.16 Å². The van der Waals surface area contributed by atoms with E-state index < -0.39 is 5.91 Å². The first kappa shape index (κ1) is 21.0. The number of aromatic hydroxyl groups is 1. The van der Waals surface area contributed by atoms with Gasteiger partial charge in [0.05, 0.1) is 17.8 Å². The molecule has 0 fully saturated rings. The second-order valence-corrected chi connectivity index (χ2v) is 7.24. The molecule has 2 rings (SSSR count). The van der Waals surface area contributed by atoms with E-state index in [0.717, 1.165) is 5.69 Å². The predicted octanol–water partition coefficient (Wildman–Crippen LogP) is 2.35. The Bertz CT molecular complexity index is 854. The highest BCUT2D eigenvalue weighted by Gasteiger charge is 2.20. The Balaban J connectivity index is 1.95. The van der Waals surface area contributed by atoms with Gasteiger partial charge >= 0.3 is 0 Å². The van der Waals surface area contributed by atoms with Crippen LogP contribution in [0.2, 0.25) is 0 Å². The number of imidazole rings is 1. The van der Waals surface area contributed by atoms with E-state index >= 15 is 0 Å². The summed E-state index contributed by atoms with van der Waals surface area (Å²) >= 11 is 6.57. The predicted molar refractivity (Wildman–Crippen MR) is 107 cm³/mol. The Morgan fingerprint density at radius 3 is 2.81 bits per heavy atom. The van der Waals surface area contributed by atoms with Crippen LogP contribution in [-0.2, 0) is 17.6 Å². The number of carbonyl (C=O) groups is 1. The van der Waals surface area contributed by atoms with Gasteiger partial charge in [0.2, 0.25) is 0 Å². The van der Waals surface area contributed by atoms with Gasteiger partial charge in [0.25, 0.3) is 5.91 Å². The number of methoxy groups -OCH3 is 1. The third-order valence-electron chi connectivity index (χ3n) is 3.73. The molecule has 0 aliphatic carbocycles. The zero-order valence-electron chi connectivity index (χ0n) is 14.4. The number of nitrogens with two attached hydrogens (primary N) is 1. The van der Waals surface area contributed by atoms with Crippen molar-refractivity contribution in [2.45, 2.75) is 19.3 Å². The molecule has 0 aliphatic rings. The van der Waals surface area contributed by atoms with Gasteiger partial charge in [-0.25, -0.2) is 4.98 Å². The number of nitrogens with zero attached hydrogens (tertiary/aromatic N) is 2. The molecule has 0 saturated heterocycles. The molecule has 1 aromatic heterocycles. The van der Waals surface area contributed by atoms with Crippen LogP contribution < -0.4 is 15.8 Å². The largest absolute Gasteiger partial charge is 0.506 e. The number of amides is 1. The van der Waals surface area contributed by atoms with Crippen LogP contribution >= 0.6 is 31.9 Å². The molecule has 0 unspecified atom stereocenters. The summed E-state index contributed by atoms with van der Waals surface area (Å²) < 4.78 is 6.09. The van der Waals surface area contributed by atoms with Crippen molar-refractivity contribution in [1.82, 2.24) is 15.3 Å². The molecule has 1 amide bonds. The molecule has 0 saturated carbocycles. The zero-order chi connectivity index (χ0) is 20.0. The van der Waals surface area contributed by atoms with Crippen LogP contribution in [0.25, 0.3) is 0 Å². The lowest BCUT2D eigenvalue weighted by Gasteiger charge is -2.13. The normalized spacial score (nSPS) is 11.4. The van der Waals surface area contributed by atoms with Gasteiger partial charge in [-0.15, -0.1) is 0 Å². The number of carbonyl (C=O) groups excluding carboxylic acids is 1. The number of hydrogen-bond acceptors (Lipinski definition) is 7. The summed E-state index contributed by atoms with van der Waals surface area (Å²) in [6.45, 7) is 0.374. The van der Waals surface area contributed by atoms with Crippen molar-refractivity contribution >= 4 is 49.4 Å². The number of aromatic nitrogens is 2. The molecule has 11 heteroatoms. The first-order valence-electron chi connectivity index (χ1n) is 7.89. The highest BCUT2D eigenvalue weighted by atomic mass is 79.9. The molecule has 146 valence electrons. The molecule has 0 radical (unpaired) electrons. The summed E-state index contributed by atoms with van der Waals surface area (Å²) in [7, 11) is 1.47. The van der Waals surface area contributed by atoms with Crippen molar-refractivity contribution < 1.29 is 19.8 Å². The molecular formula is C16H19Br2N5O4. The molecule has 0 aliphatic heterocycles. The summed E-state index contributed by atoms with van der Waals surface area (Å²) in [6.07, 6.45) is 2.89. The minimum Gasteiger partial charge on any atom is -0.506 e. The van der Waals surface area contributed by atoms with Crippen molar-refractivity contribution in [2.75, 3.05) is 19.4 Å². The van der Waals surface area contributed by atoms with Gasteiger partial charge < -0.3 is 31.1 Å². The number of rotatable bonds is 8. The fourth-order valence-corrected chi connectivity index (χ4v) is 3.92. The highest BCUT2D eigenvalue weighted by molar-refractivity contribution is 9.11. The molecule has 27 heavy (non-hydrogen) atoms. The maximum atomic E-state index is 12.2. The molecule has 0 spiro atoms. The van der Waals surface area contributed by atoms with Crippen LogP contribution in [0.3, 0.4) is 0 Å². The van der Waals surface area contributed by atoms with E-state index in [9.17, 15) is 15.1 Å². The maximum absolute atomic E-state index is 12.2. The number of oxime groups is 1. The number of H-pyrrole nitrogens is 1. The number of ether oxygens (including phenoxy) is 1. The van der Waals surface area contributed by atoms with Gasteiger partial charge in [0.15, 0.2) is 11.7 Å². The number of nitrogen functional groups attached to an aromatic ring is 1. The first-order valence-corrected chi connectivity index (χ1v) is 9.48. The van der Waals surface area contributed by atoms with E-state index in [1.165, 1.54) is 7.11 Å². The van der Waals surface area contributed by atoms with E-state index in [2.05, 4.69) is 52.3 Å². The van der Waals surface area contributed by atoms with Crippen LogP contribution in [0.4, 0.5) is 5.95 Å². The zero-order valence-corrected chi connectivity index (χ0v) is 17.6. The van der Waals surface area contributed by atoms with Gasteiger partial charge in [0, 0.05) is 24.2 Å². The number of phenolic OH excluding ortho intramolecular Hbond substituents is 1. The Morgan fingerprint density at radius 1 is 1.48 bits per heavy atom. The molecule has 0 bridgehead atoms. The molecule has 0 atom stereocenters. The quantitative estimate of drug-likeness (QED) is 0.161. The van der Waals surface area contributed by atoms with Crippen LogP contribution in [0.1, 0.15) is 17.7 Å². The number of benzene rings is 1. The number of halogens is 2. The van der Waals surface area contributed by atoms with Crippen LogP contribution in [0, 0.1) is 0 Å². The number of anilines is 1. The summed E-state index contributed by atoms with van der Waals surface area (Å²) in [4.78, 5) is 19.0. The number of phenols is 1. The second-order valence-electron chi connectivity index (χ2n) is 5.59. The first-order chi connectivity index (χ1) is 12.9.